The van der Waals surface area contributed by atoms with Crippen LogP contribution in [0.2, 0.25) is 0 Å². The third-order valence-corrected chi connectivity index (χ3v) is 4.05. The number of nitrogens with zero attached hydrogens (tertiary/aromatic N) is 2. The van der Waals surface area contributed by atoms with E-state index in [9.17, 15) is 10.1 Å². The van der Waals surface area contributed by atoms with E-state index in [-0.39, 0.29) is 10.6 Å². The molecule has 0 radical (unpaired) electrons. The first-order chi connectivity index (χ1) is 10.1. The monoisotopic (exact) mass is 291 g/mol. The van der Waals surface area contributed by atoms with Gasteiger partial charge in [0.05, 0.1) is 4.92 Å². The van der Waals surface area contributed by atoms with Gasteiger partial charge in [-0.1, -0.05) is 6.92 Å². The van der Waals surface area contributed by atoms with E-state index in [0.717, 1.165) is 43.9 Å². The van der Waals surface area contributed by atoms with Crippen molar-refractivity contribution in [2.45, 2.75) is 33.1 Å². The van der Waals surface area contributed by atoms with Crippen molar-refractivity contribution in [2.24, 2.45) is 5.92 Å². The molecule has 0 atom stereocenters. The van der Waals surface area contributed by atoms with Crippen molar-refractivity contribution in [2.75, 3.05) is 31.1 Å². The second-order valence-corrected chi connectivity index (χ2v) is 5.92. The molecule has 1 heterocycles. The van der Waals surface area contributed by atoms with E-state index in [1.807, 2.05) is 6.92 Å². The van der Waals surface area contributed by atoms with Gasteiger partial charge in [-0.3, -0.25) is 10.1 Å². The molecule has 0 amide bonds. The fraction of sp³-hybridized carbons (Fsp3) is 0.625. The third kappa shape index (κ3) is 4.43. The molecular weight excluding hydrogens is 266 g/mol. The Hall–Kier alpha value is -1.62. The van der Waals surface area contributed by atoms with Crippen molar-refractivity contribution in [3.8, 4) is 0 Å². The van der Waals surface area contributed by atoms with Crippen LogP contribution in [0.3, 0.4) is 0 Å². The Morgan fingerprint density at radius 1 is 1.33 bits per heavy atom. The first kappa shape index (κ1) is 15.8. The molecule has 1 fully saturated rings. The van der Waals surface area contributed by atoms with Crippen LogP contribution in [0.15, 0.2) is 18.2 Å². The molecule has 0 aliphatic carbocycles. The number of rotatable bonds is 6. The summed E-state index contributed by atoms with van der Waals surface area (Å²) in [5.41, 5.74) is 2.13. The second-order valence-electron chi connectivity index (χ2n) is 5.92. The van der Waals surface area contributed by atoms with Crippen molar-refractivity contribution in [1.82, 2.24) is 5.32 Å². The van der Waals surface area contributed by atoms with Crippen molar-refractivity contribution >= 4 is 11.4 Å². The average Bonchev–Trinajstić information content (AvgIpc) is 2.47. The molecule has 0 saturated carbocycles. The number of piperidine rings is 1. The molecule has 1 saturated heterocycles. The number of hydrogen-bond acceptors (Lipinski definition) is 4. The number of benzene rings is 1. The van der Waals surface area contributed by atoms with E-state index < -0.39 is 0 Å². The Balaban J connectivity index is 2.18. The summed E-state index contributed by atoms with van der Waals surface area (Å²) in [6.45, 7) is 8.18. The van der Waals surface area contributed by atoms with Crippen molar-refractivity contribution in [3.05, 3.63) is 33.9 Å². The summed E-state index contributed by atoms with van der Waals surface area (Å²) >= 11 is 0. The molecular formula is C16H25N3O2. The highest BCUT2D eigenvalue weighted by Crippen LogP contribution is 2.26. The molecule has 116 valence electrons. The Kier molecular flexibility index (Phi) is 5.56. The van der Waals surface area contributed by atoms with Gasteiger partial charge in [0.15, 0.2) is 0 Å². The summed E-state index contributed by atoms with van der Waals surface area (Å²) in [5, 5.41) is 14.4. The van der Waals surface area contributed by atoms with Crippen LogP contribution < -0.4 is 10.2 Å². The summed E-state index contributed by atoms with van der Waals surface area (Å²) in [6, 6.07) is 5.41. The van der Waals surface area contributed by atoms with Crippen molar-refractivity contribution in [1.29, 1.82) is 0 Å². The number of nitrogens with one attached hydrogen (secondary N) is 1. The largest absolute Gasteiger partial charge is 0.371 e. The van der Waals surface area contributed by atoms with Crippen LogP contribution in [0.5, 0.6) is 0 Å². The molecule has 0 bridgehead atoms. The van der Waals surface area contributed by atoms with Gasteiger partial charge in [-0.15, -0.1) is 0 Å². The van der Waals surface area contributed by atoms with Crippen molar-refractivity contribution in [3.63, 3.8) is 0 Å². The lowest BCUT2D eigenvalue weighted by molar-refractivity contribution is -0.384. The number of nitro groups is 1. The van der Waals surface area contributed by atoms with Gasteiger partial charge in [0.25, 0.3) is 5.69 Å². The summed E-state index contributed by atoms with van der Waals surface area (Å²) in [4.78, 5) is 13.1. The van der Waals surface area contributed by atoms with Crippen LogP contribution in [0, 0.1) is 23.0 Å². The lowest BCUT2D eigenvalue weighted by Crippen LogP contribution is -2.36. The number of hydrogen-bond donors (Lipinski definition) is 1. The van der Waals surface area contributed by atoms with Crippen LogP contribution in [-0.2, 0) is 0 Å². The zero-order valence-corrected chi connectivity index (χ0v) is 13.0. The summed E-state index contributed by atoms with van der Waals surface area (Å²) in [5.74, 6) is 0.678. The van der Waals surface area contributed by atoms with Crippen LogP contribution in [0.4, 0.5) is 11.4 Å². The predicted octanol–water partition coefficient (Wildman–Crippen LogP) is 3.12. The van der Waals surface area contributed by atoms with Gasteiger partial charge in [0, 0.05) is 30.9 Å². The molecule has 1 N–H and O–H groups in total. The maximum atomic E-state index is 11.1. The molecule has 5 nitrogen and oxygen atoms in total. The second kappa shape index (κ2) is 7.41. The summed E-state index contributed by atoms with van der Waals surface area (Å²) in [6.07, 6.45) is 3.43. The topological polar surface area (TPSA) is 58.4 Å². The molecule has 21 heavy (non-hydrogen) atoms. The fourth-order valence-electron chi connectivity index (χ4n) is 3.00. The lowest BCUT2D eigenvalue weighted by atomic mass is 9.97. The van der Waals surface area contributed by atoms with Crippen LogP contribution in [0.25, 0.3) is 0 Å². The molecule has 0 unspecified atom stereocenters. The first-order valence-corrected chi connectivity index (χ1v) is 7.82. The minimum atomic E-state index is -0.300. The number of nitro benzene ring substituents is 1. The van der Waals surface area contributed by atoms with Gasteiger partial charge in [0.1, 0.15) is 0 Å². The first-order valence-electron chi connectivity index (χ1n) is 7.82. The molecule has 1 aliphatic heterocycles. The molecule has 0 spiro atoms. The Bertz CT molecular complexity index is 484. The van der Waals surface area contributed by atoms with Gasteiger partial charge in [0.2, 0.25) is 0 Å². The highest BCUT2D eigenvalue weighted by Gasteiger charge is 2.19. The highest BCUT2D eigenvalue weighted by molar-refractivity contribution is 5.55. The summed E-state index contributed by atoms with van der Waals surface area (Å²) < 4.78 is 0. The average molecular weight is 291 g/mol. The fourth-order valence-corrected chi connectivity index (χ4v) is 3.00. The Labute approximate surface area is 126 Å². The van der Waals surface area contributed by atoms with Gasteiger partial charge >= 0.3 is 0 Å². The van der Waals surface area contributed by atoms with E-state index >= 15 is 0 Å². The number of non-ortho nitro benzene ring substituents is 1. The molecule has 5 heteroatoms. The van der Waals surface area contributed by atoms with Crippen LogP contribution in [0.1, 0.15) is 31.7 Å². The zero-order chi connectivity index (χ0) is 15.2. The molecule has 0 aromatic heterocycles. The molecule has 1 aromatic rings. The lowest BCUT2D eigenvalue weighted by Gasteiger charge is -2.31. The van der Waals surface area contributed by atoms with E-state index in [1.165, 1.54) is 12.8 Å². The van der Waals surface area contributed by atoms with Crippen LogP contribution >= 0.6 is 0 Å². The normalized spacial score (nSPS) is 15.9. The zero-order valence-electron chi connectivity index (χ0n) is 13.0. The quantitative estimate of drug-likeness (QED) is 0.646. The van der Waals surface area contributed by atoms with E-state index in [4.69, 9.17) is 0 Å². The van der Waals surface area contributed by atoms with Crippen molar-refractivity contribution < 1.29 is 4.92 Å². The van der Waals surface area contributed by atoms with E-state index in [0.29, 0.717) is 5.92 Å². The number of anilines is 1. The van der Waals surface area contributed by atoms with Crippen LogP contribution in [-0.4, -0.2) is 31.1 Å². The maximum absolute atomic E-state index is 11.1. The van der Waals surface area contributed by atoms with Gasteiger partial charge in [-0.2, -0.15) is 0 Å². The van der Waals surface area contributed by atoms with E-state index in [1.54, 1.807) is 12.1 Å². The smallest absolute Gasteiger partial charge is 0.271 e. The highest BCUT2D eigenvalue weighted by atomic mass is 16.6. The standard InChI is InChI=1S/C16H25N3O2/c1-3-8-18(12-14-4-6-17-7-5-14)15-9-13(2)10-16(11-15)19(20)21/h9-11,14,17H,3-8,12H2,1-2H3. The molecule has 2 rings (SSSR count). The van der Waals surface area contributed by atoms with Gasteiger partial charge in [-0.05, 0) is 56.8 Å². The summed E-state index contributed by atoms with van der Waals surface area (Å²) in [7, 11) is 0. The minimum Gasteiger partial charge on any atom is -0.371 e. The van der Waals surface area contributed by atoms with Gasteiger partial charge in [-0.25, -0.2) is 0 Å². The Morgan fingerprint density at radius 3 is 2.67 bits per heavy atom. The third-order valence-electron chi connectivity index (χ3n) is 4.05. The predicted molar refractivity (Wildman–Crippen MR) is 85.9 cm³/mol. The SMILES string of the molecule is CCCN(CC1CCNCC1)c1cc(C)cc([N+](=O)[O-])c1. The van der Waals surface area contributed by atoms with Gasteiger partial charge < -0.3 is 10.2 Å². The number of aryl methyl sites for hydroxylation is 1. The minimum absolute atomic E-state index is 0.191. The van der Waals surface area contributed by atoms with E-state index in [2.05, 4.69) is 23.2 Å². The molecule has 1 aromatic carbocycles. The Morgan fingerprint density at radius 2 is 2.05 bits per heavy atom. The molecule has 1 aliphatic rings. The maximum Gasteiger partial charge on any atom is 0.271 e.